The average molecular weight is 542 g/mol. The number of anilines is 2. The van der Waals surface area contributed by atoms with Crippen LogP contribution >= 0.6 is 22.9 Å². The standard InChI is InChI=1S/C29H24ClN5O2S/c30-27-12-11-26(38-27)29(37)34-16-14-33(15-17-34)24-7-9-25(10-8-24)35(20-22-2-1-13-32-19-22)28(36)23-5-3-21(18-31)4-6-23/h1-13,19H,14-17,20H2. The Labute approximate surface area is 230 Å². The molecule has 1 saturated heterocycles. The van der Waals surface area contributed by atoms with Gasteiger partial charge in [-0.15, -0.1) is 11.3 Å². The Morgan fingerprint density at radius 1 is 0.974 bits per heavy atom. The van der Waals surface area contributed by atoms with Gasteiger partial charge in [-0.05, 0) is 72.3 Å². The Hall–Kier alpha value is -4.19. The number of aromatic nitrogens is 1. The highest BCUT2D eigenvalue weighted by Gasteiger charge is 2.24. The van der Waals surface area contributed by atoms with Crippen LogP contribution in [0.15, 0.2) is 85.2 Å². The van der Waals surface area contributed by atoms with E-state index < -0.39 is 0 Å². The fourth-order valence-corrected chi connectivity index (χ4v) is 5.40. The van der Waals surface area contributed by atoms with E-state index in [0.717, 1.165) is 16.9 Å². The molecule has 5 rings (SSSR count). The van der Waals surface area contributed by atoms with Crippen LogP contribution in [0, 0.1) is 11.3 Å². The van der Waals surface area contributed by atoms with E-state index in [1.807, 2.05) is 41.3 Å². The van der Waals surface area contributed by atoms with E-state index in [9.17, 15) is 9.59 Å². The Morgan fingerprint density at radius 3 is 2.32 bits per heavy atom. The first-order chi connectivity index (χ1) is 18.5. The van der Waals surface area contributed by atoms with Gasteiger partial charge in [0.1, 0.15) is 0 Å². The van der Waals surface area contributed by atoms with Gasteiger partial charge in [-0.25, -0.2) is 0 Å². The van der Waals surface area contributed by atoms with Crippen LogP contribution in [0.25, 0.3) is 0 Å². The molecule has 0 saturated carbocycles. The zero-order chi connectivity index (χ0) is 26.5. The molecule has 2 aromatic heterocycles. The number of amides is 2. The van der Waals surface area contributed by atoms with Crippen LogP contribution in [0.3, 0.4) is 0 Å². The summed E-state index contributed by atoms with van der Waals surface area (Å²) in [6, 6.07) is 23.9. The number of carbonyl (C=O) groups is 2. The fraction of sp³-hybridized carbons (Fsp3) is 0.172. The van der Waals surface area contributed by atoms with Crippen molar-refractivity contribution >= 4 is 46.1 Å². The summed E-state index contributed by atoms with van der Waals surface area (Å²) in [7, 11) is 0. The molecule has 9 heteroatoms. The summed E-state index contributed by atoms with van der Waals surface area (Å²) in [4.78, 5) is 36.9. The fourth-order valence-electron chi connectivity index (χ4n) is 4.39. The third-order valence-electron chi connectivity index (χ3n) is 6.45. The first-order valence-corrected chi connectivity index (χ1v) is 13.3. The molecule has 1 aliphatic rings. The minimum atomic E-state index is -0.160. The van der Waals surface area contributed by atoms with Crippen LogP contribution in [0.2, 0.25) is 4.34 Å². The Balaban J connectivity index is 1.31. The molecule has 2 aromatic carbocycles. The van der Waals surface area contributed by atoms with Gasteiger partial charge in [0.2, 0.25) is 0 Å². The van der Waals surface area contributed by atoms with Crippen molar-refractivity contribution in [3.8, 4) is 6.07 Å². The molecule has 38 heavy (non-hydrogen) atoms. The van der Waals surface area contributed by atoms with Crippen LogP contribution in [-0.2, 0) is 6.54 Å². The zero-order valence-corrected chi connectivity index (χ0v) is 22.0. The molecule has 0 spiro atoms. The number of piperazine rings is 1. The van der Waals surface area contributed by atoms with Gasteiger partial charge >= 0.3 is 0 Å². The molecule has 4 aromatic rings. The quantitative estimate of drug-likeness (QED) is 0.323. The minimum absolute atomic E-state index is 0.0178. The normalized spacial score (nSPS) is 13.2. The van der Waals surface area contributed by atoms with Crippen LogP contribution in [0.1, 0.15) is 31.2 Å². The summed E-state index contributed by atoms with van der Waals surface area (Å²) in [5.74, 6) is -0.142. The molecule has 0 unspecified atom stereocenters. The number of hydrogen-bond acceptors (Lipinski definition) is 6. The maximum atomic E-state index is 13.5. The molecule has 0 aliphatic carbocycles. The number of nitrogens with zero attached hydrogens (tertiary/aromatic N) is 5. The van der Waals surface area contributed by atoms with Crippen LogP contribution in [0.4, 0.5) is 11.4 Å². The highest BCUT2D eigenvalue weighted by molar-refractivity contribution is 7.17. The van der Waals surface area contributed by atoms with Crippen LogP contribution in [-0.4, -0.2) is 47.9 Å². The molecule has 0 radical (unpaired) electrons. The van der Waals surface area contributed by atoms with Gasteiger partial charge < -0.3 is 14.7 Å². The number of nitriles is 1. The zero-order valence-electron chi connectivity index (χ0n) is 20.5. The van der Waals surface area contributed by atoms with Crippen LogP contribution in [0.5, 0.6) is 0 Å². The van der Waals surface area contributed by atoms with Gasteiger partial charge in [0.15, 0.2) is 0 Å². The summed E-state index contributed by atoms with van der Waals surface area (Å²) < 4.78 is 0.613. The number of thiophene rings is 1. The van der Waals surface area contributed by atoms with Crippen molar-refractivity contribution in [2.75, 3.05) is 36.0 Å². The van der Waals surface area contributed by atoms with E-state index in [4.69, 9.17) is 16.9 Å². The second-order valence-corrected chi connectivity index (χ2v) is 10.6. The predicted molar refractivity (Wildman–Crippen MR) is 150 cm³/mol. The van der Waals surface area contributed by atoms with Gasteiger partial charge in [0.25, 0.3) is 11.8 Å². The summed E-state index contributed by atoms with van der Waals surface area (Å²) in [6.07, 6.45) is 3.45. The van der Waals surface area contributed by atoms with Crippen LogP contribution < -0.4 is 9.80 Å². The lowest BCUT2D eigenvalue weighted by molar-refractivity contribution is 0.0751. The molecule has 3 heterocycles. The third kappa shape index (κ3) is 5.70. The average Bonchev–Trinajstić information content (AvgIpc) is 3.42. The molecular weight excluding hydrogens is 518 g/mol. The van der Waals surface area contributed by atoms with Crippen molar-refractivity contribution in [1.82, 2.24) is 9.88 Å². The monoisotopic (exact) mass is 541 g/mol. The van der Waals surface area contributed by atoms with E-state index in [2.05, 4.69) is 16.0 Å². The van der Waals surface area contributed by atoms with E-state index in [-0.39, 0.29) is 11.8 Å². The molecule has 0 atom stereocenters. The van der Waals surface area contributed by atoms with Crippen molar-refractivity contribution in [3.05, 3.63) is 111 Å². The second kappa shape index (κ2) is 11.5. The summed E-state index contributed by atoms with van der Waals surface area (Å²) in [5, 5.41) is 9.10. The molecule has 0 bridgehead atoms. The number of benzene rings is 2. The van der Waals surface area contributed by atoms with Gasteiger partial charge in [-0.3, -0.25) is 14.6 Å². The van der Waals surface area contributed by atoms with E-state index in [1.165, 1.54) is 11.3 Å². The van der Waals surface area contributed by atoms with Crippen molar-refractivity contribution in [2.45, 2.75) is 6.54 Å². The number of rotatable bonds is 6. The van der Waals surface area contributed by atoms with E-state index in [1.54, 1.807) is 53.7 Å². The Kier molecular flexibility index (Phi) is 7.68. The van der Waals surface area contributed by atoms with Gasteiger partial charge in [-0.1, -0.05) is 17.7 Å². The maximum Gasteiger partial charge on any atom is 0.264 e. The Morgan fingerprint density at radius 2 is 1.71 bits per heavy atom. The van der Waals surface area contributed by atoms with E-state index in [0.29, 0.717) is 53.1 Å². The van der Waals surface area contributed by atoms with E-state index >= 15 is 0 Å². The number of hydrogen-bond donors (Lipinski definition) is 0. The second-order valence-electron chi connectivity index (χ2n) is 8.84. The first kappa shape index (κ1) is 25.5. The van der Waals surface area contributed by atoms with Gasteiger partial charge in [0.05, 0.1) is 27.4 Å². The molecule has 0 N–H and O–H groups in total. The summed E-state index contributed by atoms with van der Waals surface area (Å²) >= 11 is 7.30. The molecule has 1 aliphatic heterocycles. The molecular formula is C29H24ClN5O2S. The van der Waals surface area contributed by atoms with Crippen molar-refractivity contribution in [2.24, 2.45) is 0 Å². The lowest BCUT2D eigenvalue weighted by Gasteiger charge is -2.36. The maximum absolute atomic E-state index is 13.5. The predicted octanol–water partition coefficient (Wildman–Crippen LogP) is 5.48. The van der Waals surface area contributed by atoms with Crippen molar-refractivity contribution in [3.63, 3.8) is 0 Å². The minimum Gasteiger partial charge on any atom is -0.368 e. The number of pyridine rings is 1. The Bertz CT molecular complexity index is 1460. The molecule has 7 nitrogen and oxygen atoms in total. The third-order valence-corrected chi connectivity index (χ3v) is 7.67. The van der Waals surface area contributed by atoms with Gasteiger partial charge in [0, 0.05) is 55.5 Å². The lowest BCUT2D eigenvalue weighted by atomic mass is 10.1. The highest BCUT2D eigenvalue weighted by Crippen LogP contribution is 2.27. The SMILES string of the molecule is N#Cc1ccc(C(=O)N(Cc2cccnc2)c2ccc(N3CCN(C(=O)c4ccc(Cl)s4)CC3)cc2)cc1. The molecule has 190 valence electrons. The lowest BCUT2D eigenvalue weighted by Crippen LogP contribution is -2.48. The summed E-state index contributed by atoms with van der Waals surface area (Å²) in [6.45, 7) is 3.04. The highest BCUT2D eigenvalue weighted by atomic mass is 35.5. The van der Waals surface area contributed by atoms with Crippen molar-refractivity contribution < 1.29 is 9.59 Å². The topological polar surface area (TPSA) is 80.5 Å². The van der Waals surface area contributed by atoms with Gasteiger partial charge in [-0.2, -0.15) is 5.26 Å². The number of carbonyl (C=O) groups excluding carboxylic acids is 2. The number of halogens is 1. The largest absolute Gasteiger partial charge is 0.368 e. The first-order valence-electron chi connectivity index (χ1n) is 12.1. The molecule has 2 amide bonds. The summed E-state index contributed by atoms with van der Waals surface area (Å²) in [5.41, 5.74) is 3.71. The van der Waals surface area contributed by atoms with Crippen molar-refractivity contribution in [1.29, 1.82) is 5.26 Å². The molecule has 1 fully saturated rings. The smallest absolute Gasteiger partial charge is 0.264 e.